The maximum Gasteiger partial charge on any atom is 0.335 e. The molecule has 9 heteroatoms. The molecule has 8 unspecified atom stereocenters. The maximum atomic E-state index is 13.0. The average molecular weight is 503 g/mol. The van der Waals surface area contributed by atoms with Crippen molar-refractivity contribution in [3.05, 3.63) is 36.3 Å². The van der Waals surface area contributed by atoms with E-state index >= 15 is 0 Å². The molecule has 8 atom stereocenters. The van der Waals surface area contributed by atoms with E-state index in [9.17, 15) is 19.5 Å². The van der Waals surface area contributed by atoms with Crippen molar-refractivity contribution >= 4 is 17.9 Å². The number of ether oxygens (including phenoxy) is 4. The van der Waals surface area contributed by atoms with E-state index in [1.54, 1.807) is 26.2 Å². The van der Waals surface area contributed by atoms with E-state index in [0.29, 0.717) is 18.4 Å². The first-order chi connectivity index (χ1) is 16.8. The summed E-state index contributed by atoms with van der Waals surface area (Å²) in [5, 5.41) is 11.2. The highest BCUT2D eigenvalue weighted by atomic mass is 16.6. The van der Waals surface area contributed by atoms with Crippen LogP contribution in [0.4, 0.5) is 0 Å². The third-order valence-corrected chi connectivity index (χ3v) is 9.58. The number of esters is 3. The molecule has 1 aromatic rings. The topological polar surface area (TPSA) is 122 Å². The first-order valence-corrected chi connectivity index (χ1v) is 12.4. The van der Waals surface area contributed by atoms with E-state index < -0.39 is 64.2 Å². The van der Waals surface area contributed by atoms with Gasteiger partial charge in [-0.1, -0.05) is 20.4 Å². The molecule has 3 saturated heterocycles. The minimum absolute atomic E-state index is 0.0393. The Morgan fingerprint density at radius 1 is 1.22 bits per heavy atom. The van der Waals surface area contributed by atoms with Crippen LogP contribution in [-0.2, 0) is 33.3 Å². The van der Waals surface area contributed by atoms with Crippen molar-refractivity contribution in [2.75, 3.05) is 7.11 Å². The molecule has 0 radical (unpaired) electrons. The molecule has 1 aromatic heterocycles. The molecule has 0 amide bonds. The summed E-state index contributed by atoms with van der Waals surface area (Å²) in [6.45, 7) is 11.8. The fraction of sp³-hybridized carbons (Fsp3) is 0.667. The molecule has 1 saturated carbocycles. The van der Waals surface area contributed by atoms with Crippen molar-refractivity contribution in [3.8, 4) is 0 Å². The lowest BCUT2D eigenvalue weighted by Gasteiger charge is -2.68. The van der Waals surface area contributed by atoms with Crippen LogP contribution >= 0.6 is 0 Å². The monoisotopic (exact) mass is 502 g/mol. The van der Waals surface area contributed by atoms with Gasteiger partial charge in [-0.3, -0.25) is 9.59 Å². The number of fused-ring (bicyclic) bond motifs is 3. The first kappa shape index (κ1) is 25.0. The lowest BCUT2D eigenvalue weighted by Crippen LogP contribution is -2.71. The fourth-order valence-electron chi connectivity index (χ4n) is 7.98. The van der Waals surface area contributed by atoms with Gasteiger partial charge in [-0.05, 0) is 44.2 Å². The second kappa shape index (κ2) is 7.92. The van der Waals surface area contributed by atoms with Crippen molar-refractivity contribution < 1.29 is 42.9 Å². The highest BCUT2D eigenvalue weighted by Crippen LogP contribution is 2.70. The van der Waals surface area contributed by atoms with Crippen LogP contribution in [0.15, 0.2) is 35.2 Å². The summed E-state index contributed by atoms with van der Waals surface area (Å²) in [6, 6.07) is 1.78. The molecule has 196 valence electrons. The zero-order chi connectivity index (χ0) is 26.3. The fourth-order valence-corrected chi connectivity index (χ4v) is 7.98. The van der Waals surface area contributed by atoms with Gasteiger partial charge in [-0.2, -0.15) is 0 Å². The second-order valence-corrected chi connectivity index (χ2v) is 11.7. The Labute approximate surface area is 210 Å². The molecule has 4 heterocycles. The van der Waals surface area contributed by atoms with Crippen LogP contribution < -0.4 is 0 Å². The van der Waals surface area contributed by atoms with Gasteiger partial charge < -0.3 is 28.5 Å². The van der Waals surface area contributed by atoms with Gasteiger partial charge in [-0.15, -0.1) is 0 Å². The summed E-state index contributed by atoms with van der Waals surface area (Å²) in [5.41, 5.74) is -2.46. The van der Waals surface area contributed by atoms with Crippen LogP contribution in [0.25, 0.3) is 0 Å². The van der Waals surface area contributed by atoms with Gasteiger partial charge in [0, 0.05) is 22.3 Å². The van der Waals surface area contributed by atoms with Crippen molar-refractivity contribution in [3.63, 3.8) is 0 Å². The molecule has 1 spiro atoms. The summed E-state index contributed by atoms with van der Waals surface area (Å²) < 4.78 is 28.8. The Kier molecular flexibility index (Phi) is 5.51. The van der Waals surface area contributed by atoms with E-state index in [-0.39, 0.29) is 18.8 Å². The van der Waals surface area contributed by atoms with Crippen LogP contribution in [0.5, 0.6) is 0 Å². The standard InChI is InChI=1S/C27H34O9/c1-14-16-7-9-25(4)22(15-8-10-33-13-15)34-19(29)12-27(14,25)35-17-11-18(28)36-24(2,3)21(26(16,17)5)20(30)23(31)32-6/h8,10,13,16-17,20-22,30H,1,7,9,11-12H2,2-6H3. The Hall–Kier alpha value is -2.65. The molecule has 0 aromatic carbocycles. The maximum absolute atomic E-state index is 13.0. The summed E-state index contributed by atoms with van der Waals surface area (Å²) in [6.07, 6.45) is 1.31. The lowest BCUT2D eigenvalue weighted by molar-refractivity contribution is -0.295. The van der Waals surface area contributed by atoms with Gasteiger partial charge in [0.1, 0.15) is 17.3 Å². The average Bonchev–Trinajstić information content (AvgIpc) is 3.30. The molecule has 4 fully saturated rings. The van der Waals surface area contributed by atoms with Crippen molar-refractivity contribution in [1.29, 1.82) is 0 Å². The molecule has 36 heavy (non-hydrogen) atoms. The van der Waals surface area contributed by atoms with Crippen LogP contribution in [0.3, 0.4) is 0 Å². The number of carbonyl (C=O) groups excluding carboxylic acids is 3. The minimum Gasteiger partial charge on any atom is -0.472 e. The van der Waals surface area contributed by atoms with Gasteiger partial charge in [-0.25, -0.2) is 4.79 Å². The number of hydrogen-bond donors (Lipinski definition) is 1. The van der Waals surface area contributed by atoms with E-state index in [1.165, 1.54) is 13.4 Å². The normalized spacial score (nSPS) is 42.2. The molecule has 1 aliphatic carbocycles. The first-order valence-electron chi connectivity index (χ1n) is 12.4. The van der Waals surface area contributed by atoms with Crippen LogP contribution in [0.1, 0.15) is 65.0 Å². The summed E-state index contributed by atoms with van der Waals surface area (Å²) in [4.78, 5) is 38.7. The number of hydrogen-bond acceptors (Lipinski definition) is 9. The van der Waals surface area contributed by atoms with Crippen LogP contribution in [0, 0.1) is 22.7 Å². The molecule has 1 N–H and O–H groups in total. The third-order valence-electron chi connectivity index (χ3n) is 9.58. The van der Waals surface area contributed by atoms with E-state index in [4.69, 9.17) is 23.4 Å². The van der Waals surface area contributed by atoms with Crippen LogP contribution in [-0.4, -0.2) is 53.5 Å². The number of aliphatic hydroxyl groups is 1. The number of cyclic esters (lactones) is 2. The summed E-state index contributed by atoms with van der Waals surface area (Å²) in [5.74, 6) is -2.84. The quantitative estimate of drug-likeness (QED) is 0.377. The van der Waals surface area contributed by atoms with Gasteiger partial charge >= 0.3 is 17.9 Å². The molecule has 2 bridgehead atoms. The Bertz CT molecular complexity index is 1110. The highest BCUT2D eigenvalue weighted by Gasteiger charge is 2.73. The predicted molar refractivity (Wildman–Crippen MR) is 124 cm³/mol. The number of rotatable bonds is 3. The largest absolute Gasteiger partial charge is 0.472 e. The Morgan fingerprint density at radius 3 is 2.58 bits per heavy atom. The Balaban J connectivity index is 1.67. The number of furan rings is 1. The molecular weight excluding hydrogens is 468 g/mol. The molecule has 3 aliphatic heterocycles. The molecule has 4 aliphatic rings. The van der Waals surface area contributed by atoms with Gasteiger partial charge in [0.15, 0.2) is 6.10 Å². The summed E-state index contributed by atoms with van der Waals surface area (Å²) >= 11 is 0. The van der Waals surface area contributed by atoms with E-state index in [2.05, 4.69) is 6.58 Å². The molecular formula is C27H34O9. The number of methoxy groups -OCH3 is 1. The van der Waals surface area contributed by atoms with Crippen LogP contribution in [0.2, 0.25) is 0 Å². The number of carbonyl (C=O) groups is 3. The van der Waals surface area contributed by atoms with E-state index in [1.807, 2.05) is 13.8 Å². The number of aliphatic hydroxyl groups excluding tert-OH is 1. The van der Waals surface area contributed by atoms with Crippen molar-refractivity contribution in [2.45, 2.75) is 82.9 Å². The summed E-state index contributed by atoms with van der Waals surface area (Å²) in [7, 11) is 1.21. The van der Waals surface area contributed by atoms with Crippen molar-refractivity contribution in [1.82, 2.24) is 0 Å². The van der Waals surface area contributed by atoms with Gasteiger partial charge in [0.25, 0.3) is 0 Å². The second-order valence-electron chi connectivity index (χ2n) is 11.7. The Morgan fingerprint density at radius 2 is 1.94 bits per heavy atom. The SMILES string of the molecule is C=C1C2CCC3(C)C(c4ccoc4)OC(=O)CC13OC1CC(=O)OC(C)(C)C(C(O)C(=O)OC)C12C. The zero-order valence-corrected chi connectivity index (χ0v) is 21.4. The predicted octanol–water partition coefficient (Wildman–Crippen LogP) is 3.26. The third kappa shape index (κ3) is 3.11. The van der Waals surface area contributed by atoms with Gasteiger partial charge in [0.2, 0.25) is 0 Å². The zero-order valence-electron chi connectivity index (χ0n) is 21.4. The van der Waals surface area contributed by atoms with Gasteiger partial charge in [0.05, 0.1) is 38.6 Å². The lowest BCUT2D eigenvalue weighted by atomic mass is 9.44. The molecule has 9 nitrogen and oxygen atoms in total. The highest BCUT2D eigenvalue weighted by molar-refractivity contribution is 5.77. The van der Waals surface area contributed by atoms with E-state index in [0.717, 1.165) is 5.56 Å². The molecule has 5 rings (SSSR count). The van der Waals surface area contributed by atoms with Crippen molar-refractivity contribution in [2.24, 2.45) is 22.7 Å². The minimum atomic E-state index is -1.56. The smallest absolute Gasteiger partial charge is 0.335 e.